The van der Waals surface area contributed by atoms with Gasteiger partial charge in [-0.15, -0.1) is 0 Å². The lowest BCUT2D eigenvalue weighted by atomic mass is 9.93. The molecule has 7 nitrogen and oxygen atoms in total. The van der Waals surface area contributed by atoms with Crippen LogP contribution in [0.5, 0.6) is 0 Å². The lowest BCUT2D eigenvalue weighted by Gasteiger charge is -2.32. The van der Waals surface area contributed by atoms with Crippen LogP contribution in [0.15, 0.2) is 55.0 Å². The number of fused-ring (bicyclic) bond motifs is 1. The first kappa shape index (κ1) is 21.1. The summed E-state index contributed by atoms with van der Waals surface area (Å²) in [6.07, 6.45) is 7.24. The lowest BCUT2D eigenvalue weighted by molar-refractivity contribution is 0.0707. The van der Waals surface area contributed by atoms with Crippen LogP contribution in [0.3, 0.4) is 0 Å². The number of aryl methyl sites for hydroxylation is 3. The number of hydrogen-bond acceptors (Lipinski definition) is 5. The number of nitrogens with one attached hydrogen (secondary N) is 1. The van der Waals surface area contributed by atoms with Crippen LogP contribution < -0.4 is 5.32 Å². The van der Waals surface area contributed by atoms with E-state index in [2.05, 4.69) is 58.7 Å². The summed E-state index contributed by atoms with van der Waals surface area (Å²) in [5.41, 5.74) is 7.45. The van der Waals surface area contributed by atoms with Crippen LogP contribution >= 0.6 is 0 Å². The maximum absolute atomic E-state index is 13.3. The second kappa shape index (κ2) is 8.65. The summed E-state index contributed by atoms with van der Waals surface area (Å²) in [5, 5.41) is 7.82. The monoisotopic (exact) mass is 440 g/mol. The van der Waals surface area contributed by atoms with Gasteiger partial charge in [0.15, 0.2) is 5.65 Å². The van der Waals surface area contributed by atoms with Crippen molar-refractivity contribution in [2.75, 3.05) is 18.4 Å². The molecule has 5 rings (SSSR count). The molecule has 4 heterocycles. The molecule has 3 aromatic heterocycles. The van der Waals surface area contributed by atoms with Gasteiger partial charge >= 0.3 is 0 Å². The highest BCUT2D eigenvalue weighted by Gasteiger charge is 2.28. The average molecular weight is 441 g/mol. The Morgan fingerprint density at radius 2 is 1.85 bits per heavy atom. The van der Waals surface area contributed by atoms with Crippen molar-refractivity contribution in [2.24, 2.45) is 0 Å². The Morgan fingerprint density at radius 1 is 1.03 bits per heavy atom. The molecule has 1 aliphatic heterocycles. The van der Waals surface area contributed by atoms with Gasteiger partial charge in [-0.2, -0.15) is 5.10 Å². The molecule has 1 saturated heterocycles. The molecule has 1 atom stereocenters. The van der Waals surface area contributed by atoms with E-state index in [1.54, 1.807) is 16.9 Å². The van der Waals surface area contributed by atoms with Crippen LogP contribution in [0.4, 0.5) is 11.4 Å². The van der Waals surface area contributed by atoms with E-state index in [1.807, 2.05) is 24.9 Å². The largest absolute Gasteiger partial charge is 0.355 e. The van der Waals surface area contributed by atoms with Crippen molar-refractivity contribution in [3.63, 3.8) is 0 Å². The fourth-order valence-electron chi connectivity index (χ4n) is 4.47. The maximum atomic E-state index is 13.3. The van der Waals surface area contributed by atoms with E-state index in [9.17, 15) is 4.79 Å². The first-order chi connectivity index (χ1) is 16.0. The van der Waals surface area contributed by atoms with Gasteiger partial charge in [-0.1, -0.05) is 17.7 Å². The summed E-state index contributed by atoms with van der Waals surface area (Å²) in [6.45, 7) is 7.43. The molecule has 1 amide bonds. The maximum Gasteiger partial charge on any atom is 0.259 e. The van der Waals surface area contributed by atoms with Crippen molar-refractivity contribution in [1.29, 1.82) is 0 Å². The number of carbonyl (C=O) groups is 1. The number of rotatable bonds is 4. The fourth-order valence-corrected chi connectivity index (χ4v) is 4.47. The van der Waals surface area contributed by atoms with Gasteiger partial charge < -0.3 is 10.2 Å². The zero-order valence-corrected chi connectivity index (χ0v) is 19.2. The Hall–Kier alpha value is -3.74. The Bertz CT molecular complexity index is 1310. The van der Waals surface area contributed by atoms with E-state index in [0.29, 0.717) is 17.8 Å². The van der Waals surface area contributed by atoms with Crippen LogP contribution in [0.2, 0.25) is 0 Å². The molecule has 0 saturated carbocycles. The molecule has 1 aromatic carbocycles. The van der Waals surface area contributed by atoms with Gasteiger partial charge in [0.2, 0.25) is 0 Å². The second-order valence-corrected chi connectivity index (χ2v) is 8.96. The Kier molecular flexibility index (Phi) is 5.54. The molecular weight excluding hydrogens is 412 g/mol. The first-order valence-electron chi connectivity index (χ1n) is 11.4. The molecule has 4 aromatic rings. The second-order valence-electron chi connectivity index (χ2n) is 8.96. The molecule has 168 valence electrons. The number of likely N-dealkylation sites (tertiary alicyclic amines) is 1. The van der Waals surface area contributed by atoms with Crippen molar-refractivity contribution in [1.82, 2.24) is 24.5 Å². The Labute approximate surface area is 193 Å². The Balaban J connectivity index is 1.36. The third-order valence-corrected chi connectivity index (χ3v) is 6.16. The van der Waals surface area contributed by atoms with E-state index >= 15 is 0 Å². The van der Waals surface area contributed by atoms with Crippen LogP contribution in [0.1, 0.15) is 51.6 Å². The summed E-state index contributed by atoms with van der Waals surface area (Å²) in [7, 11) is 0. The number of anilines is 2. The molecule has 33 heavy (non-hydrogen) atoms. The molecule has 0 radical (unpaired) electrons. The number of piperidine rings is 1. The number of pyridine rings is 1. The number of aromatic nitrogens is 4. The minimum Gasteiger partial charge on any atom is -0.355 e. The molecule has 0 bridgehead atoms. The topological polar surface area (TPSA) is 75.4 Å². The Morgan fingerprint density at radius 3 is 2.67 bits per heavy atom. The normalized spacial score (nSPS) is 16.2. The van der Waals surface area contributed by atoms with Crippen molar-refractivity contribution in [3.05, 3.63) is 83.1 Å². The van der Waals surface area contributed by atoms with Gasteiger partial charge in [-0.05, 0) is 63.4 Å². The summed E-state index contributed by atoms with van der Waals surface area (Å²) in [5.74, 6) is 0.176. The number of nitrogens with zero attached hydrogens (tertiary/aromatic N) is 5. The molecule has 1 N–H and O–H groups in total. The predicted octanol–water partition coefficient (Wildman–Crippen LogP) is 4.81. The van der Waals surface area contributed by atoms with Gasteiger partial charge in [0, 0.05) is 54.2 Å². The van der Waals surface area contributed by atoms with E-state index in [-0.39, 0.29) is 11.8 Å². The highest BCUT2D eigenvalue weighted by atomic mass is 16.2. The van der Waals surface area contributed by atoms with E-state index < -0.39 is 0 Å². The van der Waals surface area contributed by atoms with Crippen molar-refractivity contribution < 1.29 is 4.79 Å². The highest BCUT2D eigenvalue weighted by Crippen LogP contribution is 2.30. The first-order valence-corrected chi connectivity index (χ1v) is 11.4. The van der Waals surface area contributed by atoms with E-state index in [4.69, 9.17) is 4.98 Å². The van der Waals surface area contributed by atoms with Crippen LogP contribution in [0.25, 0.3) is 5.65 Å². The van der Waals surface area contributed by atoms with Gasteiger partial charge in [-0.3, -0.25) is 9.78 Å². The summed E-state index contributed by atoms with van der Waals surface area (Å²) < 4.78 is 1.68. The van der Waals surface area contributed by atoms with Crippen LogP contribution in [-0.4, -0.2) is 43.5 Å². The van der Waals surface area contributed by atoms with Gasteiger partial charge in [0.25, 0.3) is 5.91 Å². The summed E-state index contributed by atoms with van der Waals surface area (Å²) >= 11 is 0. The molecule has 1 fully saturated rings. The minimum absolute atomic E-state index is 0.0169. The third kappa shape index (κ3) is 4.44. The smallest absolute Gasteiger partial charge is 0.259 e. The predicted molar refractivity (Wildman–Crippen MR) is 129 cm³/mol. The molecule has 7 heteroatoms. The van der Waals surface area contributed by atoms with Crippen LogP contribution in [0, 0.1) is 20.8 Å². The molecule has 1 aliphatic rings. The zero-order valence-electron chi connectivity index (χ0n) is 19.2. The van der Waals surface area contributed by atoms with Gasteiger partial charge in [-0.25, -0.2) is 9.50 Å². The van der Waals surface area contributed by atoms with Crippen molar-refractivity contribution in [3.8, 4) is 0 Å². The third-order valence-electron chi connectivity index (χ3n) is 6.16. The number of carbonyl (C=O) groups excluding carboxylic acids is 1. The van der Waals surface area contributed by atoms with E-state index in [0.717, 1.165) is 47.7 Å². The molecular formula is C26H28N6O. The summed E-state index contributed by atoms with van der Waals surface area (Å²) in [4.78, 5) is 24.5. The summed E-state index contributed by atoms with van der Waals surface area (Å²) in [6, 6.07) is 12.5. The van der Waals surface area contributed by atoms with Crippen molar-refractivity contribution in [2.45, 2.75) is 39.5 Å². The SMILES string of the molecule is Cc1ccc(Nc2cc(C)nc([C@H]3CCCN(C(=O)c4cnn5cc(C)cnc45)C3)c2)cc1. The minimum atomic E-state index is -0.0169. The number of amides is 1. The molecule has 0 spiro atoms. The fraction of sp³-hybridized carbons (Fsp3) is 0.308. The standard InChI is InChI=1S/C26H28N6O/c1-17-6-8-21(9-7-17)30-22-11-19(3)29-24(12-22)20-5-4-10-31(16-20)26(33)23-14-28-32-15-18(2)13-27-25(23)32/h6-9,11-15,20H,4-5,10,16H2,1-3H3,(H,29,30)/t20-/m0/s1. The number of hydrogen-bond donors (Lipinski definition) is 1. The zero-order chi connectivity index (χ0) is 22.9. The molecule has 0 aliphatic carbocycles. The van der Waals surface area contributed by atoms with Crippen LogP contribution in [-0.2, 0) is 0 Å². The average Bonchev–Trinajstić information content (AvgIpc) is 3.23. The van der Waals surface area contributed by atoms with Gasteiger partial charge in [0.05, 0.1) is 6.20 Å². The molecule has 0 unspecified atom stereocenters. The quantitative estimate of drug-likeness (QED) is 0.493. The highest BCUT2D eigenvalue weighted by molar-refractivity contribution is 5.99. The number of benzene rings is 1. The van der Waals surface area contributed by atoms with Crippen molar-refractivity contribution >= 4 is 22.9 Å². The van der Waals surface area contributed by atoms with E-state index in [1.165, 1.54) is 5.56 Å². The van der Waals surface area contributed by atoms with Gasteiger partial charge in [0.1, 0.15) is 5.56 Å². The lowest BCUT2D eigenvalue weighted by Crippen LogP contribution is -2.39.